The van der Waals surface area contributed by atoms with Gasteiger partial charge in [0.15, 0.2) is 0 Å². The molecule has 1 fully saturated rings. The Morgan fingerprint density at radius 1 is 1.53 bits per heavy atom. The molecule has 4 N–H and O–H groups in total. The zero-order valence-electron chi connectivity index (χ0n) is 10.8. The lowest BCUT2D eigenvalue weighted by Gasteiger charge is -2.25. The number of nitrogens with zero attached hydrogens (tertiary/aromatic N) is 2. The smallest absolute Gasteiger partial charge is 0.405 e. The Balaban J connectivity index is 2.64. The van der Waals surface area contributed by atoms with Gasteiger partial charge in [0.25, 0.3) is 0 Å². The monoisotopic (exact) mass is 268 g/mol. The van der Waals surface area contributed by atoms with E-state index < -0.39 is 18.2 Å². The van der Waals surface area contributed by atoms with Crippen LogP contribution in [0.25, 0.3) is 0 Å². The highest BCUT2D eigenvalue weighted by atomic mass is 16.4. The molecule has 1 saturated heterocycles. The molecule has 2 atom stereocenters. The molecule has 2 amide bonds. The molecule has 1 aliphatic rings. The molecule has 0 aromatic heterocycles. The average Bonchev–Trinajstić information content (AvgIpc) is 2.84. The number of amides is 2. The number of rotatable bonds is 6. The summed E-state index contributed by atoms with van der Waals surface area (Å²) in [4.78, 5) is 24.5. The highest BCUT2D eigenvalue weighted by Gasteiger charge is 2.33. The van der Waals surface area contributed by atoms with Crippen molar-refractivity contribution in [2.24, 2.45) is 5.73 Å². The van der Waals surface area contributed by atoms with Crippen molar-refractivity contribution in [1.29, 1.82) is 5.26 Å². The molecule has 0 aliphatic carbocycles. The number of carbonyl (C=O) groups is 2. The molecule has 0 spiro atoms. The summed E-state index contributed by atoms with van der Waals surface area (Å²) in [6.45, 7) is 1.03. The van der Waals surface area contributed by atoms with Crippen molar-refractivity contribution >= 4 is 12.0 Å². The predicted octanol–water partition coefficient (Wildman–Crippen LogP) is 0.266. The first-order valence-corrected chi connectivity index (χ1v) is 6.49. The number of likely N-dealkylation sites (tertiary alicyclic amines) is 1. The maximum atomic E-state index is 12.3. The van der Waals surface area contributed by atoms with Crippen molar-refractivity contribution in [1.82, 2.24) is 10.2 Å². The van der Waals surface area contributed by atoms with Gasteiger partial charge >= 0.3 is 6.09 Å². The van der Waals surface area contributed by atoms with E-state index >= 15 is 0 Å². The molecule has 0 aromatic rings. The Morgan fingerprint density at radius 2 is 2.26 bits per heavy atom. The molecule has 0 aromatic carbocycles. The Labute approximate surface area is 112 Å². The lowest BCUT2D eigenvalue weighted by atomic mass is 10.1. The van der Waals surface area contributed by atoms with Crippen molar-refractivity contribution in [2.45, 2.75) is 44.2 Å². The molecular formula is C12H20N4O3. The summed E-state index contributed by atoms with van der Waals surface area (Å²) in [6.07, 6.45) is 2.05. The van der Waals surface area contributed by atoms with Gasteiger partial charge in [0.05, 0.1) is 6.07 Å². The fourth-order valence-corrected chi connectivity index (χ4v) is 2.26. The van der Waals surface area contributed by atoms with Crippen LogP contribution in [-0.4, -0.2) is 47.2 Å². The number of hydrogen-bond acceptors (Lipinski definition) is 4. The quantitative estimate of drug-likeness (QED) is 0.597. The van der Waals surface area contributed by atoms with Gasteiger partial charge in [0.1, 0.15) is 12.1 Å². The third kappa shape index (κ3) is 4.41. The first kappa shape index (κ1) is 15.2. The van der Waals surface area contributed by atoms with E-state index in [1.54, 1.807) is 0 Å². The van der Waals surface area contributed by atoms with E-state index in [9.17, 15) is 9.59 Å². The lowest BCUT2D eigenvalue weighted by molar-refractivity contribution is -0.133. The second-order valence-corrected chi connectivity index (χ2v) is 4.61. The minimum absolute atomic E-state index is 0.302. The van der Waals surface area contributed by atoms with Gasteiger partial charge < -0.3 is 21.1 Å². The zero-order chi connectivity index (χ0) is 14.3. The van der Waals surface area contributed by atoms with Crippen molar-refractivity contribution < 1.29 is 14.7 Å². The van der Waals surface area contributed by atoms with Gasteiger partial charge in [-0.05, 0) is 38.6 Å². The molecule has 0 saturated carbocycles. The molecule has 7 heteroatoms. The van der Waals surface area contributed by atoms with Gasteiger partial charge in [0, 0.05) is 6.54 Å². The molecule has 1 aliphatic heterocycles. The van der Waals surface area contributed by atoms with E-state index in [4.69, 9.17) is 16.1 Å². The molecule has 0 radical (unpaired) electrons. The summed E-state index contributed by atoms with van der Waals surface area (Å²) < 4.78 is 0. The minimum Gasteiger partial charge on any atom is -0.465 e. The number of nitrogens with one attached hydrogen (secondary N) is 1. The molecule has 0 unspecified atom stereocenters. The fraction of sp³-hybridized carbons (Fsp3) is 0.750. The van der Waals surface area contributed by atoms with E-state index in [2.05, 4.69) is 11.4 Å². The predicted molar refractivity (Wildman–Crippen MR) is 68.2 cm³/mol. The van der Waals surface area contributed by atoms with Crippen LogP contribution >= 0.6 is 0 Å². The normalized spacial score (nSPS) is 19.8. The Kier molecular flexibility index (Phi) is 6.09. The molecule has 106 valence electrons. The van der Waals surface area contributed by atoms with Gasteiger partial charge in [-0.3, -0.25) is 4.79 Å². The second kappa shape index (κ2) is 7.59. The summed E-state index contributed by atoms with van der Waals surface area (Å²) in [5.74, 6) is -0.302. The Morgan fingerprint density at radius 3 is 2.84 bits per heavy atom. The topological polar surface area (TPSA) is 119 Å². The van der Waals surface area contributed by atoms with Gasteiger partial charge in [-0.25, -0.2) is 4.79 Å². The molecule has 1 heterocycles. The number of unbranched alkanes of at least 4 members (excludes halogenated alkanes) is 1. The first-order valence-electron chi connectivity index (χ1n) is 6.49. The van der Waals surface area contributed by atoms with E-state index in [1.165, 1.54) is 4.90 Å². The average molecular weight is 268 g/mol. The van der Waals surface area contributed by atoms with Crippen molar-refractivity contribution in [2.75, 3.05) is 13.1 Å². The van der Waals surface area contributed by atoms with Crippen molar-refractivity contribution in [3.63, 3.8) is 0 Å². The highest BCUT2D eigenvalue weighted by molar-refractivity contribution is 5.86. The van der Waals surface area contributed by atoms with Gasteiger partial charge in [-0.2, -0.15) is 5.26 Å². The molecule has 0 bridgehead atoms. The summed E-state index contributed by atoms with van der Waals surface area (Å²) in [7, 11) is 0. The van der Waals surface area contributed by atoms with E-state index in [-0.39, 0.29) is 5.91 Å². The second-order valence-electron chi connectivity index (χ2n) is 4.61. The van der Waals surface area contributed by atoms with Crippen LogP contribution in [0.15, 0.2) is 0 Å². The van der Waals surface area contributed by atoms with Gasteiger partial charge in [0.2, 0.25) is 5.91 Å². The van der Waals surface area contributed by atoms with Crippen LogP contribution in [0.5, 0.6) is 0 Å². The van der Waals surface area contributed by atoms with Crippen LogP contribution in [0.4, 0.5) is 4.79 Å². The van der Waals surface area contributed by atoms with Crippen LogP contribution < -0.4 is 11.1 Å². The maximum Gasteiger partial charge on any atom is 0.405 e. The number of hydrogen-bond donors (Lipinski definition) is 3. The van der Waals surface area contributed by atoms with Crippen LogP contribution in [0.2, 0.25) is 0 Å². The lowest BCUT2D eigenvalue weighted by Crippen LogP contribution is -2.49. The zero-order valence-corrected chi connectivity index (χ0v) is 10.8. The van der Waals surface area contributed by atoms with Crippen molar-refractivity contribution in [3.8, 4) is 6.07 Å². The van der Waals surface area contributed by atoms with Crippen LogP contribution in [0.3, 0.4) is 0 Å². The summed E-state index contributed by atoms with van der Waals surface area (Å²) in [5, 5.41) is 20.0. The largest absolute Gasteiger partial charge is 0.465 e. The summed E-state index contributed by atoms with van der Waals surface area (Å²) in [6, 6.07) is 0.870. The minimum atomic E-state index is -1.22. The number of carbonyl (C=O) groups excluding carboxylic acids is 1. The molecule has 1 rings (SSSR count). The standard InChI is InChI=1S/C12H20N4O3/c13-6-2-1-5-10(15-12(18)19)11(17)16-7-3-4-9(16)8-14/h9-10,15H,1-7,13H2,(H,18,19)/t9-,10-/m0/s1. The number of nitrogens with two attached hydrogens (primary N) is 1. The Hall–Kier alpha value is -1.81. The molecular weight excluding hydrogens is 248 g/mol. The van der Waals surface area contributed by atoms with Crippen LogP contribution in [-0.2, 0) is 4.79 Å². The third-order valence-corrected chi connectivity index (χ3v) is 3.23. The van der Waals surface area contributed by atoms with Gasteiger partial charge in [-0.1, -0.05) is 0 Å². The van der Waals surface area contributed by atoms with E-state index in [0.29, 0.717) is 32.4 Å². The van der Waals surface area contributed by atoms with Gasteiger partial charge in [-0.15, -0.1) is 0 Å². The fourth-order valence-electron chi connectivity index (χ4n) is 2.26. The molecule has 19 heavy (non-hydrogen) atoms. The first-order chi connectivity index (χ1) is 9.10. The third-order valence-electron chi connectivity index (χ3n) is 3.23. The Bertz CT molecular complexity index is 366. The van der Waals surface area contributed by atoms with Crippen LogP contribution in [0, 0.1) is 11.3 Å². The SMILES string of the molecule is N#C[C@@H]1CCCN1C(=O)[C@H](CCCCN)NC(=O)O. The highest BCUT2D eigenvalue weighted by Crippen LogP contribution is 2.18. The number of carboxylic acid groups (broad SMARTS) is 1. The maximum absolute atomic E-state index is 12.3. The van der Waals surface area contributed by atoms with E-state index in [1.807, 2.05) is 0 Å². The van der Waals surface area contributed by atoms with Crippen LogP contribution in [0.1, 0.15) is 32.1 Å². The van der Waals surface area contributed by atoms with E-state index in [0.717, 1.165) is 12.8 Å². The molecule has 7 nitrogen and oxygen atoms in total. The summed E-state index contributed by atoms with van der Waals surface area (Å²) >= 11 is 0. The van der Waals surface area contributed by atoms with Crippen molar-refractivity contribution in [3.05, 3.63) is 0 Å². The number of nitriles is 1. The summed E-state index contributed by atoms with van der Waals surface area (Å²) in [5.41, 5.74) is 5.38.